The highest BCUT2D eigenvalue weighted by Gasteiger charge is 2.41. The Hall–Kier alpha value is -2.75. The molecule has 3 atom stereocenters. The molecule has 0 bridgehead atoms. The van der Waals surface area contributed by atoms with E-state index in [1.807, 2.05) is 6.07 Å². The van der Waals surface area contributed by atoms with Gasteiger partial charge in [-0.3, -0.25) is 9.59 Å². The fourth-order valence-electron chi connectivity index (χ4n) is 2.73. The van der Waals surface area contributed by atoms with E-state index < -0.39 is 42.6 Å². The number of aliphatic hydroxyl groups is 2. The van der Waals surface area contributed by atoms with Gasteiger partial charge in [0.1, 0.15) is 18.8 Å². The van der Waals surface area contributed by atoms with Crippen LogP contribution >= 0.6 is 11.3 Å². The Bertz CT molecular complexity index is 837. The zero-order valence-electron chi connectivity index (χ0n) is 14.1. The number of amides is 2. The molecular formula is C18H18N2O6S. The number of hydrogen-bond acceptors (Lipinski definition) is 7. The topological polar surface area (TPSA) is 125 Å². The van der Waals surface area contributed by atoms with Crippen molar-refractivity contribution < 1.29 is 29.3 Å². The molecule has 0 fully saturated rings. The minimum atomic E-state index is -1.39. The van der Waals surface area contributed by atoms with Crippen LogP contribution in [-0.2, 0) is 16.1 Å². The summed E-state index contributed by atoms with van der Waals surface area (Å²) < 4.78 is 5.02. The normalized spacial score (nSPS) is 19.3. The largest absolute Gasteiger partial charge is 0.445 e. The molecule has 8 nitrogen and oxygen atoms in total. The average molecular weight is 390 g/mol. The lowest BCUT2D eigenvalue weighted by Gasteiger charge is -2.21. The second-order valence-corrected chi connectivity index (χ2v) is 6.86. The molecule has 1 aromatic carbocycles. The zero-order chi connectivity index (χ0) is 19.4. The number of ether oxygens (including phenoxy) is 1. The first-order valence-corrected chi connectivity index (χ1v) is 9.07. The maximum atomic E-state index is 12.4. The summed E-state index contributed by atoms with van der Waals surface area (Å²) in [4.78, 5) is 36.6. The summed E-state index contributed by atoms with van der Waals surface area (Å²) in [6, 6.07) is 8.44. The van der Waals surface area contributed by atoms with Gasteiger partial charge in [-0.05, 0) is 22.6 Å². The Labute approximate surface area is 158 Å². The number of ketones is 1. The number of fused-ring (bicyclic) bond motifs is 1. The molecule has 1 aliphatic carbocycles. The van der Waals surface area contributed by atoms with Crippen LogP contribution in [-0.4, -0.2) is 46.7 Å². The van der Waals surface area contributed by atoms with Crippen molar-refractivity contribution >= 4 is 29.1 Å². The van der Waals surface area contributed by atoms with Gasteiger partial charge in [0.15, 0.2) is 0 Å². The van der Waals surface area contributed by atoms with E-state index in [0.29, 0.717) is 10.4 Å². The van der Waals surface area contributed by atoms with Crippen LogP contribution in [0.15, 0.2) is 41.8 Å². The number of thiophene rings is 1. The molecule has 0 aliphatic heterocycles. The van der Waals surface area contributed by atoms with Crippen molar-refractivity contribution in [3.05, 3.63) is 57.8 Å². The number of carbonyl (C=O) groups excluding carboxylic acids is 3. The molecule has 3 rings (SSSR count). The number of carbonyl (C=O) groups is 3. The van der Waals surface area contributed by atoms with Gasteiger partial charge in [0.2, 0.25) is 11.7 Å². The summed E-state index contributed by atoms with van der Waals surface area (Å²) in [6.07, 6.45) is -2.26. The molecule has 0 saturated heterocycles. The lowest BCUT2D eigenvalue weighted by Crippen LogP contribution is -2.51. The highest BCUT2D eigenvalue weighted by atomic mass is 32.1. The lowest BCUT2D eigenvalue weighted by molar-refractivity contribution is -0.125. The Morgan fingerprint density at radius 1 is 1.22 bits per heavy atom. The van der Waals surface area contributed by atoms with Gasteiger partial charge < -0.3 is 25.6 Å². The van der Waals surface area contributed by atoms with Crippen molar-refractivity contribution in [1.29, 1.82) is 0 Å². The molecule has 2 amide bonds. The molecule has 9 heteroatoms. The van der Waals surface area contributed by atoms with Crippen LogP contribution < -0.4 is 10.6 Å². The number of hydrogen-bond donors (Lipinski definition) is 4. The van der Waals surface area contributed by atoms with Crippen molar-refractivity contribution in [2.75, 3.05) is 6.61 Å². The summed E-state index contributed by atoms with van der Waals surface area (Å²) in [6.45, 7) is -0.653. The summed E-state index contributed by atoms with van der Waals surface area (Å²) >= 11 is 1.18. The minimum absolute atomic E-state index is 0.0144. The molecule has 27 heavy (non-hydrogen) atoms. The fraction of sp³-hybridized carbons (Fsp3) is 0.278. The van der Waals surface area contributed by atoms with Crippen LogP contribution in [0.4, 0.5) is 4.79 Å². The first-order valence-electron chi connectivity index (χ1n) is 8.19. The van der Waals surface area contributed by atoms with Gasteiger partial charge in [0, 0.05) is 0 Å². The van der Waals surface area contributed by atoms with Crippen molar-refractivity contribution in [3.63, 3.8) is 0 Å². The van der Waals surface area contributed by atoms with Crippen LogP contribution in [0.2, 0.25) is 0 Å². The standard InChI is InChI=1S/C18H18N2O6S/c21-8-12(19-18(25)26-9-10-4-2-1-3-5-10)17(24)20-13-11-6-7-27-16(11)15(23)14(13)22/h1-7,12-14,21-22H,8-9H2,(H,19,25)(H,20,24). The minimum Gasteiger partial charge on any atom is -0.445 e. The molecule has 1 heterocycles. The maximum absolute atomic E-state index is 12.4. The summed E-state index contributed by atoms with van der Waals surface area (Å²) in [7, 11) is 0. The summed E-state index contributed by atoms with van der Waals surface area (Å²) in [5.74, 6) is -1.19. The first-order chi connectivity index (χ1) is 13.0. The Morgan fingerprint density at radius 3 is 2.67 bits per heavy atom. The summed E-state index contributed by atoms with van der Waals surface area (Å²) in [5.41, 5.74) is 1.30. The van der Waals surface area contributed by atoms with Crippen LogP contribution in [0.3, 0.4) is 0 Å². The number of rotatable bonds is 6. The van der Waals surface area contributed by atoms with Gasteiger partial charge in [-0.2, -0.15) is 0 Å². The van der Waals surface area contributed by atoms with Gasteiger partial charge in [0.25, 0.3) is 0 Å². The molecule has 2 aromatic rings. The van der Waals surface area contributed by atoms with E-state index in [4.69, 9.17) is 4.74 Å². The SMILES string of the molecule is O=C(NC(CO)C(=O)NC1c2ccsc2C(=O)C1O)OCc1ccccc1. The zero-order valence-corrected chi connectivity index (χ0v) is 14.9. The maximum Gasteiger partial charge on any atom is 0.408 e. The van der Waals surface area contributed by atoms with E-state index in [1.165, 1.54) is 11.3 Å². The molecule has 0 radical (unpaired) electrons. The molecule has 0 saturated carbocycles. The number of nitrogens with one attached hydrogen (secondary N) is 2. The van der Waals surface area contributed by atoms with Crippen molar-refractivity contribution in [1.82, 2.24) is 10.6 Å². The molecule has 1 aliphatic rings. The Morgan fingerprint density at radius 2 is 1.96 bits per heavy atom. The van der Waals surface area contributed by atoms with Gasteiger partial charge >= 0.3 is 6.09 Å². The smallest absolute Gasteiger partial charge is 0.408 e. The van der Waals surface area contributed by atoms with E-state index in [-0.39, 0.29) is 6.61 Å². The van der Waals surface area contributed by atoms with Gasteiger partial charge in [-0.15, -0.1) is 11.3 Å². The number of benzene rings is 1. The van der Waals surface area contributed by atoms with Gasteiger partial charge in [-0.1, -0.05) is 30.3 Å². The number of alkyl carbamates (subject to hydrolysis) is 1. The molecule has 1 aromatic heterocycles. The molecular weight excluding hydrogens is 372 g/mol. The Kier molecular flexibility index (Phi) is 5.84. The summed E-state index contributed by atoms with van der Waals surface area (Å²) in [5, 5.41) is 25.9. The Balaban J connectivity index is 1.56. The molecule has 3 unspecified atom stereocenters. The van der Waals surface area contributed by atoms with E-state index in [0.717, 1.165) is 5.56 Å². The number of Topliss-reactive ketones (excluding diaryl/α,β-unsaturated/α-hetero) is 1. The van der Waals surface area contributed by atoms with Crippen LogP contribution in [0.1, 0.15) is 26.8 Å². The third kappa shape index (κ3) is 4.16. The van der Waals surface area contributed by atoms with E-state index >= 15 is 0 Å². The van der Waals surface area contributed by atoms with Crippen LogP contribution in [0.25, 0.3) is 0 Å². The van der Waals surface area contributed by atoms with Crippen LogP contribution in [0, 0.1) is 0 Å². The third-order valence-corrected chi connectivity index (χ3v) is 5.09. The second kappa shape index (κ2) is 8.30. The van der Waals surface area contributed by atoms with Crippen molar-refractivity contribution in [2.45, 2.75) is 24.8 Å². The van der Waals surface area contributed by atoms with E-state index in [1.54, 1.807) is 35.7 Å². The quantitative estimate of drug-likeness (QED) is 0.577. The predicted octanol–water partition coefficient (Wildman–Crippen LogP) is 0.750. The predicted molar refractivity (Wildman–Crippen MR) is 96.2 cm³/mol. The van der Waals surface area contributed by atoms with Crippen molar-refractivity contribution in [2.24, 2.45) is 0 Å². The van der Waals surface area contributed by atoms with Gasteiger partial charge in [0.05, 0.1) is 17.5 Å². The molecule has 0 spiro atoms. The number of aliphatic hydroxyl groups excluding tert-OH is 2. The monoisotopic (exact) mass is 390 g/mol. The van der Waals surface area contributed by atoms with Gasteiger partial charge in [-0.25, -0.2) is 4.79 Å². The molecule has 142 valence electrons. The van der Waals surface area contributed by atoms with E-state index in [9.17, 15) is 24.6 Å². The molecule has 4 N–H and O–H groups in total. The highest BCUT2D eigenvalue weighted by Crippen LogP contribution is 2.35. The fourth-order valence-corrected chi connectivity index (χ4v) is 3.65. The second-order valence-electron chi connectivity index (χ2n) is 5.94. The third-order valence-electron chi connectivity index (χ3n) is 4.14. The first kappa shape index (κ1) is 19.0. The van der Waals surface area contributed by atoms with E-state index in [2.05, 4.69) is 10.6 Å². The van der Waals surface area contributed by atoms with Crippen molar-refractivity contribution in [3.8, 4) is 0 Å². The average Bonchev–Trinajstić information content (AvgIpc) is 3.24. The van der Waals surface area contributed by atoms with Crippen LogP contribution in [0.5, 0.6) is 0 Å². The lowest BCUT2D eigenvalue weighted by atomic mass is 10.1. The highest BCUT2D eigenvalue weighted by molar-refractivity contribution is 7.12.